The van der Waals surface area contributed by atoms with Gasteiger partial charge < -0.3 is 10.1 Å². The van der Waals surface area contributed by atoms with Crippen LogP contribution in [0, 0.1) is 0 Å². The summed E-state index contributed by atoms with van der Waals surface area (Å²) in [5, 5.41) is 5.96. The van der Waals surface area contributed by atoms with E-state index in [0.29, 0.717) is 17.8 Å². The molecule has 0 radical (unpaired) electrons. The van der Waals surface area contributed by atoms with E-state index < -0.39 is 0 Å². The average molecular weight is 331 g/mol. The maximum absolute atomic E-state index is 6.14. The standard InChI is InChI=1S/C14H15ClN2OS.ClH/c15-14-12(13-4-2-6-19-13)7-11(8-17-14)18-9-10-3-1-5-16-10;/h2,4,6-8,10,16H,1,3,5,9H2;1H/t10-;/m0./s1. The molecule has 1 saturated heterocycles. The van der Waals surface area contributed by atoms with Gasteiger partial charge in [0.2, 0.25) is 0 Å². The molecule has 0 unspecified atom stereocenters. The maximum Gasteiger partial charge on any atom is 0.138 e. The molecule has 0 aliphatic carbocycles. The number of halogens is 2. The molecule has 3 rings (SSSR count). The summed E-state index contributed by atoms with van der Waals surface area (Å²) in [7, 11) is 0. The number of hydrogen-bond donors (Lipinski definition) is 1. The molecule has 1 aliphatic rings. The summed E-state index contributed by atoms with van der Waals surface area (Å²) >= 11 is 7.79. The molecule has 2 aromatic heterocycles. The molecule has 3 nitrogen and oxygen atoms in total. The van der Waals surface area contributed by atoms with E-state index >= 15 is 0 Å². The monoisotopic (exact) mass is 330 g/mol. The lowest BCUT2D eigenvalue weighted by atomic mass is 10.2. The van der Waals surface area contributed by atoms with E-state index in [2.05, 4.69) is 10.3 Å². The van der Waals surface area contributed by atoms with Gasteiger partial charge in [-0.3, -0.25) is 0 Å². The summed E-state index contributed by atoms with van der Waals surface area (Å²) in [5.74, 6) is 0.779. The topological polar surface area (TPSA) is 34.1 Å². The van der Waals surface area contributed by atoms with Crippen molar-refractivity contribution < 1.29 is 4.74 Å². The smallest absolute Gasteiger partial charge is 0.138 e. The fourth-order valence-electron chi connectivity index (χ4n) is 2.21. The SMILES string of the molecule is Cl.Clc1ncc(OC[C@@H]2CCCN2)cc1-c1cccs1. The summed E-state index contributed by atoms with van der Waals surface area (Å²) in [6.07, 6.45) is 4.10. The number of rotatable bonds is 4. The first-order chi connectivity index (χ1) is 9.33. The Morgan fingerprint density at radius 3 is 3.10 bits per heavy atom. The van der Waals surface area contributed by atoms with E-state index in [9.17, 15) is 0 Å². The summed E-state index contributed by atoms with van der Waals surface area (Å²) < 4.78 is 5.80. The predicted molar refractivity (Wildman–Crippen MR) is 86.3 cm³/mol. The number of aromatic nitrogens is 1. The Balaban J connectivity index is 0.00000147. The molecule has 1 fully saturated rings. The van der Waals surface area contributed by atoms with Gasteiger partial charge in [-0.05, 0) is 36.9 Å². The molecule has 108 valence electrons. The molecule has 1 N–H and O–H groups in total. The third-order valence-electron chi connectivity index (χ3n) is 3.21. The minimum absolute atomic E-state index is 0. The first kappa shape index (κ1) is 15.6. The largest absolute Gasteiger partial charge is 0.490 e. The van der Waals surface area contributed by atoms with Gasteiger partial charge in [-0.2, -0.15) is 0 Å². The van der Waals surface area contributed by atoms with Crippen molar-refractivity contribution in [1.82, 2.24) is 10.3 Å². The highest BCUT2D eigenvalue weighted by Crippen LogP contribution is 2.32. The molecule has 2 aromatic rings. The molecule has 6 heteroatoms. The van der Waals surface area contributed by atoms with Crippen LogP contribution in [0.4, 0.5) is 0 Å². The quantitative estimate of drug-likeness (QED) is 0.860. The zero-order valence-electron chi connectivity index (χ0n) is 10.8. The van der Waals surface area contributed by atoms with Gasteiger partial charge in [-0.25, -0.2) is 4.98 Å². The first-order valence-electron chi connectivity index (χ1n) is 6.38. The second-order valence-corrected chi connectivity index (χ2v) is 5.90. The molecule has 0 bridgehead atoms. The minimum atomic E-state index is 0. The highest BCUT2D eigenvalue weighted by molar-refractivity contribution is 7.13. The van der Waals surface area contributed by atoms with Gasteiger partial charge in [0, 0.05) is 16.5 Å². The van der Waals surface area contributed by atoms with Gasteiger partial charge in [-0.1, -0.05) is 17.7 Å². The van der Waals surface area contributed by atoms with Crippen LogP contribution >= 0.6 is 35.3 Å². The van der Waals surface area contributed by atoms with E-state index in [1.165, 1.54) is 12.8 Å². The van der Waals surface area contributed by atoms with E-state index in [0.717, 1.165) is 22.7 Å². The van der Waals surface area contributed by atoms with Gasteiger partial charge in [-0.15, -0.1) is 23.7 Å². The van der Waals surface area contributed by atoms with Crippen molar-refractivity contribution in [3.8, 4) is 16.2 Å². The van der Waals surface area contributed by atoms with Gasteiger partial charge >= 0.3 is 0 Å². The Bertz CT molecular complexity index is 542. The Labute approximate surface area is 133 Å². The van der Waals surface area contributed by atoms with Gasteiger partial charge in [0.25, 0.3) is 0 Å². The third kappa shape index (κ3) is 3.64. The molecule has 1 aliphatic heterocycles. The summed E-state index contributed by atoms with van der Waals surface area (Å²) in [4.78, 5) is 5.32. The zero-order chi connectivity index (χ0) is 13.1. The van der Waals surface area contributed by atoms with Gasteiger partial charge in [0.05, 0.1) is 6.20 Å². The normalized spacial score (nSPS) is 17.8. The Hall–Kier alpha value is -0.810. The Kier molecular flexibility index (Phi) is 5.66. The fraction of sp³-hybridized carbons (Fsp3) is 0.357. The van der Waals surface area contributed by atoms with Crippen molar-refractivity contribution in [2.24, 2.45) is 0 Å². The van der Waals surface area contributed by atoms with Gasteiger partial charge in [0.15, 0.2) is 0 Å². The van der Waals surface area contributed by atoms with Crippen molar-refractivity contribution in [2.75, 3.05) is 13.2 Å². The van der Waals surface area contributed by atoms with Gasteiger partial charge in [0.1, 0.15) is 17.5 Å². The number of ether oxygens (including phenoxy) is 1. The molecule has 0 saturated carbocycles. The number of nitrogens with zero attached hydrogens (tertiary/aromatic N) is 1. The average Bonchev–Trinajstić information content (AvgIpc) is 3.11. The molecule has 20 heavy (non-hydrogen) atoms. The van der Waals surface area contributed by atoms with Crippen LogP contribution in [0.15, 0.2) is 29.8 Å². The van der Waals surface area contributed by atoms with Crippen LogP contribution in [0.3, 0.4) is 0 Å². The molecule has 0 aromatic carbocycles. The number of thiophene rings is 1. The van der Waals surface area contributed by atoms with Crippen LogP contribution in [0.2, 0.25) is 5.15 Å². The maximum atomic E-state index is 6.14. The van der Waals surface area contributed by atoms with Crippen LogP contribution in [0.5, 0.6) is 5.75 Å². The van der Waals surface area contributed by atoms with Crippen LogP contribution in [0.1, 0.15) is 12.8 Å². The second-order valence-electron chi connectivity index (χ2n) is 4.59. The van der Waals surface area contributed by atoms with Crippen molar-refractivity contribution in [3.05, 3.63) is 34.9 Å². The fourth-order valence-corrected chi connectivity index (χ4v) is 3.21. The molecule has 1 atom stereocenters. The lowest BCUT2D eigenvalue weighted by Gasteiger charge is -2.12. The van der Waals surface area contributed by atoms with E-state index in [1.807, 2.05) is 23.6 Å². The third-order valence-corrected chi connectivity index (χ3v) is 4.42. The Morgan fingerprint density at radius 2 is 2.40 bits per heavy atom. The second kappa shape index (κ2) is 7.27. The van der Waals surface area contributed by atoms with Crippen LogP contribution in [-0.2, 0) is 0 Å². The van der Waals surface area contributed by atoms with Crippen molar-refractivity contribution in [1.29, 1.82) is 0 Å². The van der Waals surface area contributed by atoms with Crippen LogP contribution in [-0.4, -0.2) is 24.2 Å². The van der Waals surface area contributed by atoms with Crippen molar-refractivity contribution in [2.45, 2.75) is 18.9 Å². The molecular weight excluding hydrogens is 315 g/mol. The minimum Gasteiger partial charge on any atom is -0.490 e. The number of hydrogen-bond acceptors (Lipinski definition) is 4. The summed E-state index contributed by atoms with van der Waals surface area (Å²) in [6.45, 7) is 1.78. The number of pyridine rings is 1. The lowest BCUT2D eigenvalue weighted by molar-refractivity contribution is 0.276. The van der Waals surface area contributed by atoms with E-state index in [-0.39, 0.29) is 12.4 Å². The highest BCUT2D eigenvalue weighted by Gasteiger charge is 2.15. The van der Waals surface area contributed by atoms with Crippen LogP contribution in [0.25, 0.3) is 10.4 Å². The molecule has 0 amide bonds. The van der Waals surface area contributed by atoms with Crippen LogP contribution < -0.4 is 10.1 Å². The molecule has 3 heterocycles. The highest BCUT2D eigenvalue weighted by atomic mass is 35.5. The summed E-state index contributed by atoms with van der Waals surface area (Å²) in [6, 6.07) is 6.47. The Morgan fingerprint density at radius 1 is 1.50 bits per heavy atom. The van der Waals surface area contributed by atoms with Crippen molar-refractivity contribution in [3.63, 3.8) is 0 Å². The first-order valence-corrected chi connectivity index (χ1v) is 7.64. The molecular formula is C14H16Cl2N2OS. The summed E-state index contributed by atoms with van der Waals surface area (Å²) in [5.41, 5.74) is 0.938. The molecule has 0 spiro atoms. The van der Waals surface area contributed by atoms with Crippen molar-refractivity contribution >= 4 is 35.3 Å². The predicted octanol–water partition coefficient (Wildman–Crippen LogP) is 4.02. The number of nitrogens with one attached hydrogen (secondary N) is 1. The zero-order valence-corrected chi connectivity index (χ0v) is 13.2. The van der Waals surface area contributed by atoms with E-state index in [1.54, 1.807) is 17.5 Å². The van der Waals surface area contributed by atoms with E-state index in [4.69, 9.17) is 16.3 Å². The lowest BCUT2D eigenvalue weighted by Crippen LogP contribution is -2.28.